The van der Waals surface area contributed by atoms with Crippen LogP contribution < -0.4 is 5.32 Å². The largest absolute Gasteiger partial charge is 0.508 e. The number of phenols is 1. The molecular formula is C12H13NO2. The van der Waals surface area contributed by atoms with E-state index in [9.17, 15) is 9.90 Å². The lowest BCUT2D eigenvalue weighted by Crippen LogP contribution is -2.23. The second kappa shape index (κ2) is 5.06. The van der Waals surface area contributed by atoms with E-state index < -0.39 is 0 Å². The third-order valence-corrected chi connectivity index (χ3v) is 1.97. The van der Waals surface area contributed by atoms with Crippen LogP contribution in [0.2, 0.25) is 0 Å². The standard InChI is InChI=1S/C12H13NO2/c1-3-4-7-13-12(15)10-5-6-11(14)9(2)8-10/h5-6,8,14H,7H2,1-2H3,(H,13,15). The highest BCUT2D eigenvalue weighted by atomic mass is 16.3. The van der Waals surface area contributed by atoms with Crippen LogP contribution in [-0.4, -0.2) is 17.6 Å². The molecule has 0 fully saturated rings. The molecule has 0 aliphatic heterocycles. The van der Waals surface area contributed by atoms with Gasteiger partial charge in [0.25, 0.3) is 5.91 Å². The molecule has 0 aromatic heterocycles. The monoisotopic (exact) mass is 203 g/mol. The molecule has 0 aliphatic rings. The highest BCUT2D eigenvalue weighted by Gasteiger charge is 2.05. The summed E-state index contributed by atoms with van der Waals surface area (Å²) in [6, 6.07) is 4.73. The summed E-state index contributed by atoms with van der Waals surface area (Å²) in [5.74, 6) is 5.45. The molecule has 78 valence electrons. The highest BCUT2D eigenvalue weighted by Crippen LogP contribution is 2.16. The molecule has 0 saturated heterocycles. The first kappa shape index (κ1) is 11.1. The van der Waals surface area contributed by atoms with Crippen molar-refractivity contribution in [1.82, 2.24) is 5.32 Å². The fourth-order valence-corrected chi connectivity index (χ4v) is 1.11. The van der Waals surface area contributed by atoms with Crippen LogP contribution in [-0.2, 0) is 0 Å². The van der Waals surface area contributed by atoms with Gasteiger partial charge in [0.2, 0.25) is 0 Å². The SMILES string of the molecule is CC#CCNC(=O)c1ccc(O)c(C)c1. The second-order valence-electron chi connectivity index (χ2n) is 3.11. The third kappa shape index (κ3) is 3.03. The van der Waals surface area contributed by atoms with Crippen LogP contribution in [0.15, 0.2) is 18.2 Å². The molecule has 0 heterocycles. The summed E-state index contributed by atoms with van der Waals surface area (Å²) in [4.78, 5) is 11.5. The molecule has 1 aromatic carbocycles. The normalized spacial score (nSPS) is 8.93. The molecule has 1 amide bonds. The van der Waals surface area contributed by atoms with Crippen molar-refractivity contribution in [2.75, 3.05) is 6.54 Å². The zero-order valence-corrected chi connectivity index (χ0v) is 8.79. The van der Waals surface area contributed by atoms with Crippen LogP contribution in [0.5, 0.6) is 5.75 Å². The number of nitrogens with one attached hydrogen (secondary N) is 1. The molecule has 0 spiro atoms. The molecule has 15 heavy (non-hydrogen) atoms. The molecule has 1 rings (SSSR count). The van der Waals surface area contributed by atoms with Gasteiger partial charge in [0.1, 0.15) is 5.75 Å². The maximum atomic E-state index is 11.5. The van der Waals surface area contributed by atoms with Crippen molar-refractivity contribution < 1.29 is 9.90 Å². The first-order valence-corrected chi connectivity index (χ1v) is 4.62. The fourth-order valence-electron chi connectivity index (χ4n) is 1.11. The van der Waals surface area contributed by atoms with Crippen LogP contribution in [0.4, 0.5) is 0 Å². The summed E-state index contributed by atoms with van der Waals surface area (Å²) < 4.78 is 0. The quantitative estimate of drug-likeness (QED) is 0.715. The number of carbonyl (C=O) groups excluding carboxylic acids is 1. The summed E-state index contributed by atoms with van der Waals surface area (Å²) in [6.45, 7) is 3.81. The minimum absolute atomic E-state index is 0.180. The topological polar surface area (TPSA) is 49.3 Å². The van der Waals surface area contributed by atoms with E-state index in [1.165, 1.54) is 6.07 Å². The van der Waals surface area contributed by atoms with Crippen molar-refractivity contribution in [1.29, 1.82) is 0 Å². The zero-order valence-electron chi connectivity index (χ0n) is 8.79. The predicted octanol–water partition coefficient (Wildman–Crippen LogP) is 1.45. The van der Waals surface area contributed by atoms with Crippen molar-refractivity contribution in [3.8, 4) is 17.6 Å². The van der Waals surface area contributed by atoms with Gasteiger partial charge >= 0.3 is 0 Å². The van der Waals surface area contributed by atoms with Gasteiger partial charge < -0.3 is 10.4 Å². The van der Waals surface area contributed by atoms with Gasteiger partial charge in [0.15, 0.2) is 0 Å². The Bertz CT molecular complexity index is 427. The molecule has 3 heteroatoms. The summed E-state index contributed by atoms with van der Waals surface area (Å²) in [5, 5.41) is 11.9. The highest BCUT2D eigenvalue weighted by molar-refractivity contribution is 5.94. The molecule has 0 radical (unpaired) electrons. The lowest BCUT2D eigenvalue weighted by molar-refractivity contribution is 0.0958. The average molecular weight is 203 g/mol. The maximum absolute atomic E-state index is 11.5. The number of benzene rings is 1. The summed E-state index contributed by atoms with van der Waals surface area (Å²) in [6.07, 6.45) is 0. The number of rotatable bonds is 2. The smallest absolute Gasteiger partial charge is 0.252 e. The minimum atomic E-state index is -0.180. The van der Waals surface area contributed by atoms with Crippen LogP contribution >= 0.6 is 0 Å². The number of aryl methyl sites for hydroxylation is 1. The van der Waals surface area contributed by atoms with E-state index in [-0.39, 0.29) is 11.7 Å². The van der Waals surface area contributed by atoms with Gasteiger partial charge in [-0.25, -0.2) is 0 Å². The third-order valence-electron chi connectivity index (χ3n) is 1.97. The Morgan fingerprint density at radius 1 is 1.53 bits per heavy atom. The Morgan fingerprint density at radius 3 is 2.87 bits per heavy atom. The molecule has 0 bridgehead atoms. The number of phenolic OH excluding ortho intramolecular Hbond substituents is 1. The molecule has 0 atom stereocenters. The first-order chi connectivity index (χ1) is 7.15. The number of carbonyl (C=O) groups is 1. The van der Waals surface area contributed by atoms with Gasteiger partial charge in [-0.15, -0.1) is 5.92 Å². The molecule has 0 saturated carbocycles. The Balaban J connectivity index is 2.72. The van der Waals surface area contributed by atoms with Gasteiger partial charge in [-0.05, 0) is 37.6 Å². The zero-order chi connectivity index (χ0) is 11.3. The Kier molecular flexibility index (Phi) is 3.75. The van der Waals surface area contributed by atoms with E-state index in [1.54, 1.807) is 26.0 Å². The van der Waals surface area contributed by atoms with E-state index in [4.69, 9.17) is 0 Å². The molecule has 0 unspecified atom stereocenters. The maximum Gasteiger partial charge on any atom is 0.252 e. The van der Waals surface area contributed by atoms with Gasteiger partial charge in [-0.1, -0.05) is 5.92 Å². The van der Waals surface area contributed by atoms with Crippen molar-refractivity contribution in [2.24, 2.45) is 0 Å². The van der Waals surface area contributed by atoms with E-state index >= 15 is 0 Å². The van der Waals surface area contributed by atoms with Gasteiger partial charge in [-0.3, -0.25) is 4.79 Å². The van der Waals surface area contributed by atoms with E-state index in [0.717, 1.165) is 0 Å². The molecule has 1 aromatic rings. The minimum Gasteiger partial charge on any atom is -0.508 e. The average Bonchev–Trinajstić information content (AvgIpc) is 2.22. The van der Waals surface area contributed by atoms with E-state index in [2.05, 4.69) is 17.2 Å². The van der Waals surface area contributed by atoms with Crippen molar-refractivity contribution in [3.05, 3.63) is 29.3 Å². The Labute approximate surface area is 89.1 Å². The first-order valence-electron chi connectivity index (χ1n) is 4.62. The van der Waals surface area contributed by atoms with Gasteiger partial charge in [-0.2, -0.15) is 0 Å². The second-order valence-corrected chi connectivity index (χ2v) is 3.11. The Morgan fingerprint density at radius 2 is 2.27 bits per heavy atom. The lowest BCUT2D eigenvalue weighted by atomic mass is 10.1. The summed E-state index contributed by atoms with van der Waals surface area (Å²) >= 11 is 0. The number of amides is 1. The van der Waals surface area contributed by atoms with Crippen LogP contribution in [0.3, 0.4) is 0 Å². The molecule has 2 N–H and O–H groups in total. The molecular weight excluding hydrogens is 190 g/mol. The molecule has 0 aliphatic carbocycles. The van der Waals surface area contributed by atoms with Gasteiger partial charge in [0.05, 0.1) is 6.54 Å². The van der Waals surface area contributed by atoms with Crippen LogP contribution in [0, 0.1) is 18.8 Å². The van der Waals surface area contributed by atoms with Crippen LogP contribution in [0.25, 0.3) is 0 Å². The fraction of sp³-hybridized carbons (Fsp3) is 0.250. The van der Waals surface area contributed by atoms with Gasteiger partial charge in [0, 0.05) is 5.56 Å². The van der Waals surface area contributed by atoms with Crippen molar-refractivity contribution in [2.45, 2.75) is 13.8 Å². The predicted molar refractivity (Wildman–Crippen MR) is 58.6 cm³/mol. The molecule has 3 nitrogen and oxygen atoms in total. The van der Waals surface area contributed by atoms with E-state index in [0.29, 0.717) is 17.7 Å². The van der Waals surface area contributed by atoms with Crippen LogP contribution in [0.1, 0.15) is 22.8 Å². The lowest BCUT2D eigenvalue weighted by Gasteiger charge is -2.03. The number of aromatic hydroxyl groups is 1. The summed E-state index contributed by atoms with van der Waals surface area (Å²) in [7, 11) is 0. The van der Waals surface area contributed by atoms with E-state index in [1.807, 2.05) is 0 Å². The van der Waals surface area contributed by atoms with Crippen molar-refractivity contribution >= 4 is 5.91 Å². The summed E-state index contributed by atoms with van der Waals surface area (Å²) in [5.41, 5.74) is 1.22. The Hall–Kier alpha value is -1.95. The number of hydrogen-bond donors (Lipinski definition) is 2. The van der Waals surface area contributed by atoms with Crippen molar-refractivity contribution in [3.63, 3.8) is 0 Å². The number of hydrogen-bond acceptors (Lipinski definition) is 2.